The number of anilines is 2. The Morgan fingerprint density at radius 2 is 2.03 bits per heavy atom. The van der Waals surface area contributed by atoms with Crippen molar-refractivity contribution < 1.29 is 9.18 Å². The monoisotopic (exact) mass is 491 g/mol. The third-order valence-corrected chi connectivity index (χ3v) is 7.00. The molecular formula is C21H23BrFN5OS. The van der Waals surface area contributed by atoms with Gasteiger partial charge in [0.25, 0.3) is 5.91 Å². The third-order valence-electron chi connectivity index (χ3n) is 5.30. The van der Waals surface area contributed by atoms with Crippen LogP contribution in [0.2, 0.25) is 0 Å². The van der Waals surface area contributed by atoms with Gasteiger partial charge in [-0.3, -0.25) is 9.69 Å². The lowest BCUT2D eigenvalue weighted by molar-refractivity contribution is 0.102. The van der Waals surface area contributed by atoms with E-state index in [-0.39, 0.29) is 11.6 Å². The van der Waals surface area contributed by atoms with Gasteiger partial charge in [-0.05, 0) is 43.7 Å². The lowest BCUT2D eigenvalue weighted by Gasteiger charge is -2.35. The number of nitrogens with zero attached hydrogens (tertiary/aromatic N) is 4. The quantitative estimate of drug-likeness (QED) is 0.560. The van der Waals surface area contributed by atoms with Crippen LogP contribution in [-0.4, -0.2) is 53.5 Å². The fraction of sp³-hybridized carbons (Fsp3) is 0.381. The van der Waals surface area contributed by atoms with E-state index < -0.39 is 5.82 Å². The van der Waals surface area contributed by atoms with Gasteiger partial charge in [0.15, 0.2) is 0 Å². The number of aromatic nitrogens is 2. The molecule has 0 radical (unpaired) electrons. The maximum absolute atomic E-state index is 14.2. The Morgan fingerprint density at radius 3 is 2.73 bits per heavy atom. The fourth-order valence-electron chi connectivity index (χ4n) is 3.78. The smallest absolute Gasteiger partial charge is 0.266 e. The zero-order valence-electron chi connectivity index (χ0n) is 16.9. The molecule has 1 fully saturated rings. The summed E-state index contributed by atoms with van der Waals surface area (Å²) in [5.74, 6) is 0.0520. The first-order valence-corrected chi connectivity index (χ1v) is 11.6. The predicted octanol–water partition coefficient (Wildman–Crippen LogP) is 4.69. The van der Waals surface area contributed by atoms with Gasteiger partial charge in [-0.25, -0.2) is 14.4 Å². The van der Waals surface area contributed by atoms with Gasteiger partial charge in [-0.1, -0.05) is 22.9 Å². The van der Waals surface area contributed by atoms with Crippen molar-refractivity contribution in [3.63, 3.8) is 0 Å². The van der Waals surface area contributed by atoms with Crippen LogP contribution in [0.5, 0.6) is 0 Å². The van der Waals surface area contributed by atoms with E-state index in [1.807, 2.05) is 6.92 Å². The summed E-state index contributed by atoms with van der Waals surface area (Å²) in [4.78, 5) is 27.9. The molecule has 0 atom stereocenters. The Balaban J connectivity index is 1.61. The molecule has 3 heterocycles. The highest BCUT2D eigenvalue weighted by atomic mass is 79.9. The molecule has 158 valence electrons. The first kappa shape index (κ1) is 21.1. The second-order valence-electron chi connectivity index (χ2n) is 7.34. The van der Waals surface area contributed by atoms with Crippen molar-refractivity contribution >= 4 is 54.9 Å². The summed E-state index contributed by atoms with van der Waals surface area (Å²) in [5, 5.41) is 3.59. The molecule has 1 N–H and O–H groups in total. The van der Waals surface area contributed by atoms with Crippen LogP contribution >= 0.6 is 27.3 Å². The van der Waals surface area contributed by atoms with Gasteiger partial charge in [0, 0.05) is 30.7 Å². The standard InChI is InChI=1S/C21H23BrFN5OS/c1-3-6-27-7-9-28(10-8-27)19-17-13(2)18(30-21(17)25-12-24-19)20(29)26-16-5-4-14(22)11-15(16)23/h4-5,11-12H,3,6-10H2,1-2H3,(H,26,29). The summed E-state index contributed by atoms with van der Waals surface area (Å²) >= 11 is 4.54. The molecule has 30 heavy (non-hydrogen) atoms. The lowest BCUT2D eigenvalue weighted by atomic mass is 10.1. The van der Waals surface area contributed by atoms with Crippen LogP contribution in [0.3, 0.4) is 0 Å². The summed E-state index contributed by atoms with van der Waals surface area (Å²) in [7, 11) is 0. The largest absolute Gasteiger partial charge is 0.353 e. The average Bonchev–Trinajstić information content (AvgIpc) is 3.08. The van der Waals surface area contributed by atoms with E-state index in [1.54, 1.807) is 18.5 Å². The van der Waals surface area contributed by atoms with Crippen LogP contribution in [0.1, 0.15) is 28.6 Å². The van der Waals surface area contributed by atoms with Gasteiger partial charge in [0.1, 0.15) is 22.8 Å². The highest BCUT2D eigenvalue weighted by Gasteiger charge is 2.24. The molecular weight excluding hydrogens is 469 g/mol. The molecule has 0 spiro atoms. The Labute approximate surface area is 187 Å². The maximum atomic E-state index is 14.2. The number of halogens is 2. The summed E-state index contributed by atoms with van der Waals surface area (Å²) in [6, 6.07) is 4.56. The number of aryl methyl sites for hydroxylation is 1. The van der Waals surface area contributed by atoms with Crippen molar-refractivity contribution in [1.82, 2.24) is 14.9 Å². The number of carbonyl (C=O) groups is 1. The van der Waals surface area contributed by atoms with Crippen LogP contribution in [0.25, 0.3) is 10.2 Å². The van der Waals surface area contributed by atoms with Crippen molar-refractivity contribution in [2.24, 2.45) is 0 Å². The minimum absolute atomic E-state index is 0.151. The molecule has 6 nitrogen and oxygen atoms in total. The number of rotatable bonds is 5. The average molecular weight is 492 g/mol. The zero-order chi connectivity index (χ0) is 21.3. The fourth-order valence-corrected chi connectivity index (χ4v) is 5.15. The maximum Gasteiger partial charge on any atom is 0.266 e. The number of nitrogens with one attached hydrogen (secondary N) is 1. The Kier molecular flexibility index (Phi) is 6.31. The van der Waals surface area contributed by atoms with Gasteiger partial charge in [0.2, 0.25) is 0 Å². The molecule has 4 rings (SSSR count). The van der Waals surface area contributed by atoms with Gasteiger partial charge >= 0.3 is 0 Å². The Morgan fingerprint density at radius 1 is 1.27 bits per heavy atom. The third kappa shape index (κ3) is 4.19. The zero-order valence-corrected chi connectivity index (χ0v) is 19.3. The first-order chi connectivity index (χ1) is 14.5. The second kappa shape index (κ2) is 8.95. The summed E-state index contributed by atoms with van der Waals surface area (Å²) < 4.78 is 14.8. The van der Waals surface area contributed by atoms with E-state index >= 15 is 0 Å². The molecule has 0 aliphatic carbocycles. The number of hydrogen-bond donors (Lipinski definition) is 1. The number of carbonyl (C=O) groups excluding carboxylic acids is 1. The normalized spacial score (nSPS) is 15.0. The van der Waals surface area contributed by atoms with E-state index in [1.165, 1.54) is 17.4 Å². The highest BCUT2D eigenvalue weighted by Crippen LogP contribution is 2.35. The number of amides is 1. The minimum Gasteiger partial charge on any atom is -0.353 e. The van der Waals surface area contributed by atoms with Gasteiger partial charge in [-0.2, -0.15) is 0 Å². The van der Waals surface area contributed by atoms with Crippen LogP contribution < -0.4 is 10.2 Å². The lowest BCUT2D eigenvalue weighted by Crippen LogP contribution is -2.46. The van der Waals surface area contributed by atoms with Crippen molar-refractivity contribution in [2.45, 2.75) is 20.3 Å². The van der Waals surface area contributed by atoms with E-state index in [2.05, 4.69) is 47.9 Å². The molecule has 1 aliphatic rings. The SMILES string of the molecule is CCCN1CCN(c2ncnc3sc(C(=O)Nc4ccc(Br)cc4F)c(C)c23)CC1. The molecule has 1 amide bonds. The van der Waals surface area contributed by atoms with E-state index in [4.69, 9.17) is 0 Å². The number of hydrogen-bond acceptors (Lipinski definition) is 6. The van der Waals surface area contributed by atoms with Crippen molar-refractivity contribution in [3.05, 3.63) is 45.3 Å². The highest BCUT2D eigenvalue weighted by molar-refractivity contribution is 9.10. The molecule has 1 aliphatic heterocycles. The number of piperazine rings is 1. The van der Waals surface area contributed by atoms with Crippen LogP contribution in [0.4, 0.5) is 15.9 Å². The Bertz CT molecular complexity index is 1080. The molecule has 1 saturated heterocycles. The van der Waals surface area contributed by atoms with Crippen LogP contribution in [0.15, 0.2) is 29.0 Å². The minimum atomic E-state index is -0.484. The molecule has 3 aromatic rings. The first-order valence-electron chi connectivity index (χ1n) is 9.95. The molecule has 2 aromatic heterocycles. The Hall–Kier alpha value is -2.10. The van der Waals surface area contributed by atoms with Crippen molar-refractivity contribution in [2.75, 3.05) is 42.9 Å². The predicted molar refractivity (Wildman–Crippen MR) is 123 cm³/mol. The summed E-state index contributed by atoms with van der Waals surface area (Å²) in [5.41, 5.74) is 0.981. The van der Waals surface area contributed by atoms with Gasteiger partial charge in [-0.15, -0.1) is 11.3 Å². The van der Waals surface area contributed by atoms with Crippen LogP contribution in [0, 0.1) is 12.7 Å². The molecule has 0 bridgehead atoms. The second-order valence-corrected chi connectivity index (χ2v) is 9.26. The molecule has 1 aromatic carbocycles. The number of fused-ring (bicyclic) bond motifs is 1. The van der Waals surface area contributed by atoms with Crippen molar-refractivity contribution in [1.29, 1.82) is 0 Å². The van der Waals surface area contributed by atoms with Gasteiger partial charge in [0.05, 0.1) is 16.0 Å². The number of thiophene rings is 1. The van der Waals surface area contributed by atoms with Crippen LogP contribution in [-0.2, 0) is 0 Å². The van der Waals surface area contributed by atoms with E-state index in [0.29, 0.717) is 9.35 Å². The summed E-state index contributed by atoms with van der Waals surface area (Å²) in [6.07, 6.45) is 2.71. The molecule has 0 saturated carbocycles. The topological polar surface area (TPSA) is 61.4 Å². The van der Waals surface area contributed by atoms with E-state index in [0.717, 1.165) is 60.7 Å². The summed E-state index contributed by atoms with van der Waals surface area (Å²) in [6.45, 7) is 9.01. The molecule has 0 unspecified atom stereocenters. The van der Waals surface area contributed by atoms with E-state index in [9.17, 15) is 9.18 Å². The molecule has 9 heteroatoms. The van der Waals surface area contributed by atoms with Crippen molar-refractivity contribution in [3.8, 4) is 0 Å². The van der Waals surface area contributed by atoms with Gasteiger partial charge < -0.3 is 10.2 Å². The number of benzene rings is 1.